The minimum atomic E-state index is 0.338. The highest BCUT2D eigenvalue weighted by molar-refractivity contribution is 5.91. The smallest absolute Gasteiger partial charge is 0.160 e. The first-order valence-corrected chi connectivity index (χ1v) is 7.57. The van der Waals surface area contributed by atoms with Crippen LogP contribution in [-0.4, -0.2) is 25.0 Å². The minimum absolute atomic E-state index is 0.338. The first kappa shape index (κ1) is 13.0. The Hall–Kier alpha value is -2.68. The van der Waals surface area contributed by atoms with E-state index < -0.39 is 0 Å². The van der Waals surface area contributed by atoms with Gasteiger partial charge >= 0.3 is 0 Å². The van der Waals surface area contributed by atoms with Gasteiger partial charge in [0.2, 0.25) is 0 Å². The predicted octanol–water partition coefficient (Wildman–Crippen LogP) is 3.08. The maximum atomic E-state index is 8.97. The van der Waals surface area contributed by atoms with E-state index in [-0.39, 0.29) is 0 Å². The molecule has 4 rings (SSSR count). The third kappa shape index (κ3) is 2.06. The monoisotopic (exact) mass is 292 g/mol. The van der Waals surface area contributed by atoms with Crippen LogP contribution in [0.4, 0.5) is 0 Å². The molecule has 0 unspecified atom stereocenters. The highest BCUT2D eigenvalue weighted by atomic mass is 15.3. The van der Waals surface area contributed by atoms with E-state index in [0.717, 1.165) is 35.0 Å². The Bertz CT molecular complexity index is 840. The summed E-state index contributed by atoms with van der Waals surface area (Å²) in [5.41, 5.74) is 2.86. The van der Waals surface area contributed by atoms with Crippen LogP contribution in [0.2, 0.25) is 0 Å². The molecular weight excluding hydrogens is 276 g/mol. The zero-order valence-electron chi connectivity index (χ0n) is 12.1. The van der Waals surface area contributed by atoms with Crippen molar-refractivity contribution >= 4 is 11.0 Å². The fourth-order valence-electron chi connectivity index (χ4n) is 3.48. The van der Waals surface area contributed by atoms with Crippen LogP contribution in [0.1, 0.15) is 31.7 Å². The average Bonchev–Trinajstić information content (AvgIpc) is 3.26. The SMILES string of the molecule is N#CC[C@@H]1CCC[C@H]1n1cc(-c2cnnc3[nH]ccc23)cn1. The summed E-state index contributed by atoms with van der Waals surface area (Å²) in [5, 5.41) is 22.7. The number of aromatic nitrogens is 5. The number of hydrogen-bond donors (Lipinski definition) is 1. The third-order valence-electron chi connectivity index (χ3n) is 4.58. The molecule has 3 aromatic rings. The van der Waals surface area contributed by atoms with Gasteiger partial charge in [-0.2, -0.15) is 15.5 Å². The van der Waals surface area contributed by atoms with Gasteiger partial charge in [0, 0.05) is 35.3 Å². The molecule has 2 atom stereocenters. The molecule has 1 fully saturated rings. The molecule has 0 radical (unpaired) electrons. The van der Waals surface area contributed by atoms with E-state index in [2.05, 4.69) is 32.5 Å². The standard InChI is InChI=1S/C16H16N6/c17-6-4-11-2-1-3-15(11)22-10-12(8-20-22)14-9-19-21-16-13(14)5-7-18-16/h5,7-11,15H,1-4H2,(H,18,21)/t11-,15+/m0/s1. The molecule has 0 amide bonds. The summed E-state index contributed by atoms with van der Waals surface area (Å²) in [6.07, 6.45) is 11.6. The molecular formula is C16H16N6. The van der Waals surface area contributed by atoms with Crippen molar-refractivity contribution in [1.29, 1.82) is 5.26 Å². The number of nitriles is 1. The number of rotatable bonds is 3. The van der Waals surface area contributed by atoms with Crippen LogP contribution in [-0.2, 0) is 0 Å². The molecule has 110 valence electrons. The number of aromatic amines is 1. The van der Waals surface area contributed by atoms with Crippen molar-refractivity contribution in [3.8, 4) is 17.2 Å². The van der Waals surface area contributed by atoms with Crippen molar-refractivity contribution in [3.63, 3.8) is 0 Å². The van der Waals surface area contributed by atoms with Crippen LogP contribution in [0.25, 0.3) is 22.2 Å². The first-order chi connectivity index (χ1) is 10.9. The molecule has 0 bridgehead atoms. The molecule has 3 heterocycles. The summed E-state index contributed by atoms with van der Waals surface area (Å²) in [6, 6.07) is 4.65. The van der Waals surface area contributed by atoms with Crippen molar-refractivity contribution in [2.24, 2.45) is 5.92 Å². The lowest BCUT2D eigenvalue weighted by Crippen LogP contribution is -2.14. The number of hydrogen-bond acceptors (Lipinski definition) is 4. The Balaban J connectivity index is 1.70. The Morgan fingerprint density at radius 1 is 1.36 bits per heavy atom. The summed E-state index contributed by atoms with van der Waals surface area (Å²) >= 11 is 0. The van der Waals surface area contributed by atoms with Crippen LogP contribution in [0.3, 0.4) is 0 Å². The van der Waals surface area contributed by atoms with Crippen LogP contribution < -0.4 is 0 Å². The molecule has 6 nitrogen and oxygen atoms in total. The van der Waals surface area contributed by atoms with E-state index in [9.17, 15) is 0 Å². The quantitative estimate of drug-likeness (QED) is 0.804. The number of nitrogens with one attached hydrogen (secondary N) is 1. The number of H-pyrrole nitrogens is 1. The molecule has 1 aliphatic carbocycles. The van der Waals surface area contributed by atoms with Crippen molar-refractivity contribution in [3.05, 3.63) is 30.9 Å². The minimum Gasteiger partial charge on any atom is -0.345 e. The maximum absolute atomic E-state index is 8.97. The molecule has 1 saturated carbocycles. The zero-order chi connectivity index (χ0) is 14.9. The van der Waals surface area contributed by atoms with Crippen molar-refractivity contribution in [2.45, 2.75) is 31.7 Å². The summed E-state index contributed by atoms with van der Waals surface area (Å²) in [6.45, 7) is 0. The average molecular weight is 292 g/mol. The second-order valence-electron chi connectivity index (χ2n) is 5.83. The molecule has 0 saturated heterocycles. The maximum Gasteiger partial charge on any atom is 0.160 e. The van der Waals surface area contributed by atoms with Crippen molar-refractivity contribution in [1.82, 2.24) is 25.0 Å². The van der Waals surface area contributed by atoms with Gasteiger partial charge in [-0.05, 0) is 24.8 Å². The van der Waals surface area contributed by atoms with Crippen LogP contribution >= 0.6 is 0 Å². The normalized spacial score (nSPS) is 21.2. The molecule has 1 aliphatic rings. The topological polar surface area (TPSA) is 83.2 Å². The Morgan fingerprint density at radius 3 is 3.23 bits per heavy atom. The predicted molar refractivity (Wildman–Crippen MR) is 81.7 cm³/mol. The van der Waals surface area contributed by atoms with Crippen molar-refractivity contribution in [2.75, 3.05) is 0 Å². The van der Waals surface area contributed by atoms with E-state index in [1.165, 1.54) is 6.42 Å². The molecule has 1 N–H and O–H groups in total. The summed E-state index contributed by atoms with van der Waals surface area (Å²) in [7, 11) is 0. The third-order valence-corrected chi connectivity index (χ3v) is 4.58. The second-order valence-corrected chi connectivity index (χ2v) is 5.83. The van der Waals surface area contributed by atoms with Crippen LogP contribution in [0.5, 0.6) is 0 Å². The van der Waals surface area contributed by atoms with E-state index >= 15 is 0 Å². The van der Waals surface area contributed by atoms with Gasteiger partial charge in [-0.15, -0.1) is 5.10 Å². The van der Waals surface area contributed by atoms with Gasteiger partial charge in [0.1, 0.15) is 0 Å². The lowest BCUT2D eigenvalue weighted by atomic mass is 10.0. The summed E-state index contributed by atoms with van der Waals surface area (Å²) < 4.78 is 2.03. The van der Waals surface area contributed by atoms with Crippen molar-refractivity contribution < 1.29 is 0 Å². The van der Waals surface area contributed by atoms with E-state index in [1.54, 1.807) is 6.20 Å². The lowest BCUT2D eigenvalue weighted by Gasteiger charge is -2.17. The molecule has 6 heteroatoms. The lowest BCUT2D eigenvalue weighted by molar-refractivity contribution is 0.356. The molecule has 0 aromatic carbocycles. The highest BCUT2D eigenvalue weighted by Crippen LogP contribution is 2.38. The van der Waals surface area contributed by atoms with Gasteiger partial charge in [0.05, 0.1) is 24.5 Å². The number of nitrogens with zero attached hydrogens (tertiary/aromatic N) is 5. The highest BCUT2D eigenvalue weighted by Gasteiger charge is 2.29. The molecule has 22 heavy (non-hydrogen) atoms. The molecule has 0 aliphatic heterocycles. The van der Waals surface area contributed by atoms with Gasteiger partial charge in [-0.3, -0.25) is 4.68 Å². The Labute approximate surface area is 127 Å². The Kier molecular flexibility index (Phi) is 3.11. The first-order valence-electron chi connectivity index (χ1n) is 7.57. The zero-order valence-corrected chi connectivity index (χ0v) is 12.1. The van der Waals surface area contributed by atoms with E-state index in [4.69, 9.17) is 5.26 Å². The van der Waals surface area contributed by atoms with Gasteiger partial charge in [-0.25, -0.2) is 0 Å². The van der Waals surface area contributed by atoms with Crippen LogP contribution in [0, 0.1) is 17.2 Å². The molecule has 3 aromatic heterocycles. The summed E-state index contributed by atoms with van der Waals surface area (Å²) in [5.74, 6) is 0.417. The fraction of sp³-hybridized carbons (Fsp3) is 0.375. The number of fused-ring (bicyclic) bond motifs is 1. The summed E-state index contributed by atoms with van der Waals surface area (Å²) in [4.78, 5) is 3.08. The second kappa shape index (κ2) is 5.26. The van der Waals surface area contributed by atoms with E-state index in [0.29, 0.717) is 18.4 Å². The van der Waals surface area contributed by atoms with Gasteiger partial charge < -0.3 is 4.98 Å². The fourth-order valence-corrected chi connectivity index (χ4v) is 3.48. The molecule has 0 spiro atoms. The van der Waals surface area contributed by atoms with Gasteiger partial charge in [0.15, 0.2) is 5.65 Å². The van der Waals surface area contributed by atoms with E-state index in [1.807, 2.05) is 23.1 Å². The Morgan fingerprint density at radius 2 is 2.32 bits per heavy atom. The largest absolute Gasteiger partial charge is 0.345 e. The van der Waals surface area contributed by atoms with Gasteiger partial charge in [0.25, 0.3) is 0 Å². The van der Waals surface area contributed by atoms with Crippen LogP contribution in [0.15, 0.2) is 30.9 Å². The van der Waals surface area contributed by atoms with Gasteiger partial charge in [-0.1, -0.05) is 6.42 Å².